The van der Waals surface area contributed by atoms with Gasteiger partial charge in [-0.25, -0.2) is 0 Å². The van der Waals surface area contributed by atoms with Gasteiger partial charge in [-0.1, -0.05) is 0 Å². The molecular formula is C32H57NO14. The lowest BCUT2D eigenvalue weighted by molar-refractivity contribution is -0.142. The Kier molecular flexibility index (Phi) is 32.1. The van der Waals surface area contributed by atoms with E-state index >= 15 is 0 Å². The van der Waals surface area contributed by atoms with Gasteiger partial charge in [0.25, 0.3) is 0 Å². The fourth-order valence-corrected chi connectivity index (χ4v) is 3.33. The number of carbonyl (C=O) groups is 1. The summed E-state index contributed by atoms with van der Waals surface area (Å²) in [7, 11) is 0. The Morgan fingerprint density at radius 3 is 0.894 bits per heavy atom. The minimum absolute atomic E-state index is 0.256. The first-order valence-corrected chi connectivity index (χ1v) is 16.2. The molecule has 0 bridgehead atoms. The van der Waals surface area contributed by atoms with E-state index in [-0.39, 0.29) is 12.6 Å². The van der Waals surface area contributed by atoms with Crippen molar-refractivity contribution < 1.29 is 66.4 Å². The number of anilines is 1. The van der Waals surface area contributed by atoms with Gasteiger partial charge >= 0.3 is 5.97 Å². The van der Waals surface area contributed by atoms with Gasteiger partial charge in [-0.3, -0.25) is 4.79 Å². The van der Waals surface area contributed by atoms with Crippen molar-refractivity contribution >= 4 is 11.7 Å². The predicted octanol–water partition coefficient (Wildman–Crippen LogP) is 1.39. The van der Waals surface area contributed by atoms with Crippen LogP contribution in [0, 0.1) is 0 Å². The number of carbonyl (C=O) groups excluding carboxylic acids is 1. The lowest BCUT2D eigenvalue weighted by Crippen LogP contribution is -2.15. The molecule has 0 atom stereocenters. The molecule has 0 radical (unpaired) electrons. The molecule has 0 aliphatic rings. The number of benzene rings is 1. The fourth-order valence-electron chi connectivity index (χ4n) is 3.33. The van der Waals surface area contributed by atoms with Gasteiger partial charge in [0.2, 0.25) is 0 Å². The molecule has 0 aliphatic carbocycles. The SMILES string of the molecule is CC(=O)OCCOCCOCCOCCOCCOCCOCCOCCOCCOCCOCCOCCOc1ccc(N)cc1. The maximum Gasteiger partial charge on any atom is 0.302 e. The second-order valence-corrected chi connectivity index (χ2v) is 9.49. The van der Waals surface area contributed by atoms with Gasteiger partial charge in [0.1, 0.15) is 19.0 Å². The van der Waals surface area contributed by atoms with Gasteiger partial charge in [-0.2, -0.15) is 0 Å². The zero-order chi connectivity index (χ0) is 33.7. The summed E-state index contributed by atoms with van der Waals surface area (Å²) in [6.45, 7) is 12.8. The van der Waals surface area contributed by atoms with Crippen molar-refractivity contribution in [1.82, 2.24) is 0 Å². The summed E-state index contributed by atoms with van der Waals surface area (Å²) in [4.78, 5) is 10.6. The van der Waals surface area contributed by atoms with Crippen LogP contribution < -0.4 is 10.5 Å². The van der Waals surface area contributed by atoms with Crippen LogP contribution in [0.15, 0.2) is 24.3 Å². The lowest BCUT2D eigenvalue weighted by Gasteiger charge is -2.09. The fraction of sp³-hybridized carbons (Fsp3) is 0.781. The maximum atomic E-state index is 10.6. The zero-order valence-electron chi connectivity index (χ0n) is 28.1. The van der Waals surface area contributed by atoms with E-state index in [4.69, 9.17) is 67.3 Å². The van der Waals surface area contributed by atoms with E-state index in [1.54, 1.807) is 12.1 Å². The smallest absolute Gasteiger partial charge is 0.302 e. The summed E-state index contributed by atoms with van der Waals surface area (Å²) < 4.78 is 70.1. The third-order valence-corrected chi connectivity index (χ3v) is 5.63. The van der Waals surface area contributed by atoms with Crippen molar-refractivity contribution in [3.63, 3.8) is 0 Å². The van der Waals surface area contributed by atoms with Crippen LogP contribution in [0.3, 0.4) is 0 Å². The molecule has 0 aromatic heterocycles. The topological polar surface area (TPSA) is 163 Å². The maximum absolute atomic E-state index is 10.6. The number of hydrogen-bond acceptors (Lipinski definition) is 15. The lowest BCUT2D eigenvalue weighted by atomic mass is 10.3. The molecule has 0 amide bonds. The molecule has 0 spiro atoms. The summed E-state index contributed by atoms with van der Waals surface area (Å²) in [6, 6.07) is 7.25. The van der Waals surface area contributed by atoms with Crippen LogP contribution in [-0.4, -0.2) is 165 Å². The second-order valence-electron chi connectivity index (χ2n) is 9.49. The number of hydrogen-bond donors (Lipinski definition) is 1. The molecule has 47 heavy (non-hydrogen) atoms. The highest BCUT2D eigenvalue weighted by Crippen LogP contribution is 2.12. The quantitative estimate of drug-likeness (QED) is 0.0609. The third-order valence-electron chi connectivity index (χ3n) is 5.63. The van der Waals surface area contributed by atoms with Gasteiger partial charge in [0.05, 0.1) is 145 Å². The molecule has 15 heteroatoms. The highest BCUT2D eigenvalue weighted by atomic mass is 16.6. The van der Waals surface area contributed by atoms with Crippen LogP contribution >= 0.6 is 0 Å². The molecule has 0 aliphatic heterocycles. The zero-order valence-corrected chi connectivity index (χ0v) is 28.1. The predicted molar refractivity (Wildman–Crippen MR) is 172 cm³/mol. The van der Waals surface area contributed by atoms with E-state index in [0.717, 1.165) is 5.75 Å². The molecule has 0 saturated carbocycles. The molecule has 0 heterocycles. The molecule has 15 nitrogen and oxygen atoms in total. The minimum atomic E-state index is -0.313. The van der Waals surface area contributed by atoms with Gasteiger partial charge < -0.3 is 67.3 Å². The Morgan fingerprint density at radius 2 is 0.638 bits per heavy atom. The summed E-state index contributed by atoms with van der Waals surface area (Å²) in [5.41, 5.74) is 6.35. The van der Waals surface area contributed by atoms with Gasteiger partial charge in [0.15, 0.2) is 0 Å². The average Bonchev–Trinajstić information content (AvgIpc) is 3.07. The molecule has 1 aromatic carbocycles. The van der Waals surface area contributed by atoms with Gasteiger partial charge in [0, 0.05) is 12.6 Å². The molecule has 1 aromatic rings. The van der Waals surface area contributed by atoms with Crippen molar-refractivity contribution in [2.75, 3.05) is 164 Å². The van der Waals surface area contributed by atoms with Crippen LogP contribution in [0.1, 0.15) is 6.92 Å². The highest BCUT2D eigenvalue weighted by molar-refractivity contribution is 5.65. The van der Waals surface area contributed by atoms with Gasteiger partial charge in [-0.05, 0) is 24.3 Å². The number of nitrogen functional groups attached to an aromatic ring is 1. The van der Waals surface area contributed by atoms with E-state index in [1.165, 1.54) is 6.92 Å². The first-order chi connectivity index (χ1) is 23.2. The first-order valence-electron chi connectivity index (χ1n) is 16.2. The Labute approximate surface area is 279 Å². The summed E-state index contributed by atoms with van der Waals surface area (Å²) in [6.07, 6.45) is 0. The van der Waals surface area contributed by atoms with Crippen LogP contribution in [0.5, 0.6) is 5.75 Å². The molecule has 274 valence electrons. The Morgan fingerprint density at radius 1 is 0.404 bits per heavy atom. The Bertz CT molecular complexity index is 790. The number of ether oxygens (including phenoxy) is 13. The monoisotopic (exact) mass is 679 g/mol. The van der Waals surface area contributed by atoms with Crippen molar-refractivity contribution in [3.8, 4) is 5.75 Å². The normalized spacial score (nSPS) is 11.3. The van der Waals surface area contributed by atoms with E-state index in [0.29, 0.717) is 158 Å². The van der Waals surface area contributed by atoms with Crippen molar-refractivity contribution in [3.05, 3.63) is 24.3 Å². The summed E-state index contributed by atoms with van der Waals surface area (Å²) in [5.74, 6) is 0.455. The van der Waals surface area contributed by atoms with E-state index in [1.807, 2.05) is 12.1 Å². The van der Waals surface area contributed by atoms with Crippen LogP contribution in [0.25, 0.3) is 0 Å². The van der Waals surface area contributed by atoms with Crippen LogP contribution in [0.2, 0.25) is 0 Å². The van der Waals surface area contributed by atoms with Crippen LogP contribution in [-0.2, 0) is 61.6 Å². The van der Waals surface area contributed by atoms with Gasteiger partial charge in [-0.15, -0.1) is 0 Å². The second kappa shape index (κ2) is 35.2. The minimum Gasteiger partial charge on any atom is -0.491 e. The Hall–Kier alpha value is -2.15. The van der Waals surface area contributed by atoms with Crippen molar-refractivity contribution in [1.29, 1.82) is 0 Å². The summed E-state index contributed by atoms with van der Waals surface area (Å²) >= 11 is 0. The molecular weight excluding hydrogens is 622 g/mol. The highest BCUT2D eigenvalue weighted by Gasteiger charge is 1.98. The number of nitrogens with two attached hydrogens (primary N) is 1. The van der Waals surface area contributed by atoms with E-state index in [9.17, 15) is 4.79 Å². The standard InChI is InChI=1S/C32H57NO14/c1-30(34)46-28-26-44-24-22-42-20-18-40-16-14-38-12-10-36-8-6-35-7-9-37-11-13-39-15-17-41-19-21-43-23-25-45-27-29-47-32-4-2-31(33)3-5-32/h2-5H,6-29,33H2,1H3. The molecule has 0 fully saturated rings. The van der Waals surface area contributed by atoms with Crippen LogP contribution in [0.4, 0.5) is 5.69 Å². The molecule has 0 unspecified atom stereocenters. The van der Waals surface area contributed by atoms with Crippen molar-refractivity contribution in [2.45, 2.75) is 6.92 Å². The first kappa shape index (κ1) is 42.9. The van der Waals surface area contributed by atoms with Crippen molar-refractivity contribution in [2.24, 2.45) is 0 Å². The van der Waals surface area contributed by atoms with E-state index < -0.39 is 0 Å². The van der Waals surface area contributed by atoms with E-state index in [2.05, 4.69) is 0 Å². The largest absolute Gasteiger partial charge is 0.491 e. The average molecular weight is 680 g/mol. The summed E-state index contributed by atoms with van der Waals surface area (Å²) in [5, 5.41) is 0. The molecule has 2 N–H and O–H groups in total. The number of rotatable bonds is 37. The Balaban J connectivity index is 1.62. The molecule has 0 saturated heterocycles. The molecule has 1 rings (SSSR count). The number of esters is 1. The third kappa shape index (κ3) is 33.5.